The minimum Gasteiger partial charge on any atom is -0.350 e. The SMILES string of the molecule is Cc1ccn2c(C(=O)NN(C(N)=O)c3ccc(Cl)cc3)c(C)nc2c1. The Bertz CT molecular complexity index is 965. The number of aromatic nitrogens is 2. The molecule has 0 aliphatic rings. The summed E-state index contributed by atoms with van der Waals surface area (Å²) in [4.78, 5) is 28.9. The molecule has 3 aromatic rings. The maximum Gasteiger partial charge on any atom is 0.338 e. The summed E-state index contributed by atoms with van der Waals surface area (Å²) in [6, 6.07) is 9.28. The number of benzene rings is 1. The maximum absolute atomic E-state index is 12.7. The summed E-state index contributed by atoms with van der Waals surface area (Å²) in [7, 11) is 0. The van der Waals surface area contributed by atoms with Crippen molar-refractivity contribution in [2.45, 2.75) is 13.8 Å². The van der Waals surface area contributed by atoms with E-state index in [0.717, 1.165) is 10.6 Å². The Kier molecular flexibility index (Phi) is 4.33. The minimum absolute atomic E-state index is 0.329. The summed E-state index contributed by atoms with van der Waals surface area (Å²) in [5.41, 5.74) is 10.9. The third-order valence-corrected chi connectivity index (χ3v) is 3.94. The van der Waals surface area contributed by atoms with Crippen LogP contribution in [0, 0.1) is 13.8 Å². The number of fused-ring (bicyclic) bond motifs is 1. The number of carbonyl (C=O) groups is 2. The van der Waals surface area contributed by atoms with Crippen molar-refractivity contribution in [2.75, 3.05) is 5.01 Å². The molecule has 3 rings (SSSR count). The molecule has 0 unspecified atom stereocenters. The normalized spacial score (nSPS) is 10.7. The lowest BCUT2D eigenvalue weighted by atomic mass is 10.3. The summed E-state index contributed by atoms with van der Waals surface area (Å²) < 4.78 is 1.67. The summed E-state index contributed by atoms with van der Waals surface area (Å²) in [5, 5.41) is 1.47. The number of rotatable bonds is 2. The molecule has 25 heavy (non-hydrogen) atoms. The van der Waals surface area contributed by atoms with Gasteiger partial charge in [0.05, 0.1) is 11.4 Å². The van der Waals surface area contributed by atoms with Gasteiger partial charge in [0.1, 0.15) is 11.3 Å². The van der Waals surface area contributed by atoms with Crippen molar-refractivity contribution in [3.8, 4) is 0 Å². The van der Waals surface area contributed by atoms with Crippen molar-refractivity contribution < 1.29 is 9.59 Å². The zero-order valence-corrected chi connectivity index (χ0v) is 14.4. The number of nitrogens with one attached hydrogen (secondary N) is 1. The third kappa shape index (κ3) is 3.27. The number of hydrazine groups is 1. The number of carbonyl (C=O) groups excluding carboxylic acids is 2. The molecule has 3 amide bonds. The molecule has 3 N–H and O–H groups in total. The van der Waals surface area contributed by atoms with Crippen molar-refractivity contribution in [1.29, 1.82) is 0 Å². The van der Waals surface area contributed by atoms with Crippen LogP contribution in [-0.2, 0) is 0 Å². The van der Waals surface area contributed by atoms with Crippen LogP contribution in [0.4, 0.5) is 10.5 Å². The second-order valence-electron chi connectivity index (χ2n) is 5.57. The second kappa shape index (κ2) is 6.45. The van der Waals surface area contributed by atoms with Crippen LogP contribution >= 0.6 is 11.6 Å². The predicted molar refractivity (Wildman–Crippen MR) is 95.6 cm³/mol. The van der Waals surface area contributed by atoms with Gasteiger partial charge in [-0.3, -0.25) is 14.6 Å². The number of imidazole rings is 1. The van der Waals surface area contributed by atoms with Gasteiger partial charge in [-0.15, -0.1) is 0 Å². The summed E-state index contributed by atoms with van der Waals surface area (Å²) >= 11 is 5.85. The average Bonchev–Trinajstić information content (AvgIpc) is 2.88. The molecule has 0 aliphatic carbocycles. The van der Waals surface area contributed by atoms with Gasteiger partial charge in [-0.25, -0.2) is 14.8 Å². The van der Waals surface area contributed by atoms with Crippen LogP contribution in [0.25, 0.3) is 5.65 Å². The van der Waals surface area contributed by atoms with Gasteiger partial charge < -0.3 is 5.73 Å². The second-order valence-corrected chi connectivity index (χ2v) is 6.01. The van der Waals surface area contributed by atoms with E-state index < -0.39 is 11.9 Å². The van der Waals surface area contributed by atoms with E-state index in [1.54, 1.807) is 41.8 Å². The van der Waals surface area contributed by atoms with Gasteiger partial charge in [0.15, 0.2) is 0 Å². The number of amides is 3. The zero-order valence-electron chi connectivity index (χ0n) is 13.7. The Morgan fingerprint density at radius 1 is 1.20 bits per heavy atom. The highest BCUT2D eigenvalue weighted by atomic mass is 35.5. The van der Waals surface area contributed by atoms with Crippen molar-refractivity contribution in [3.05, 3.63) is 64.6 Å². The van der Waals surface area contributed by atoms with Crippen molar-refractivity contribution >= 4 is 34.9 Å². The lowest BCUT2D eigenvalue weighted by molar-refractivity contribution is 0.0944. The Morgan fingerprint density at radius 2 is 1.88 bits per heavy atom. The first-order chi connectivity index (χ1) is 11.9. The van der Waals surface area contributed by atoms with Crippen LogP contribution in [-0.4, -0.2) is 21.3 Å². The van der Waals surface area contributed by atoms with Gasteiger partial charge in [-0.05, 0) is 55.8 Å². The molecule has 8 heteroatoms. The smallest absolute Gasteiger partial charge is 0.338 e. The van der Waals surface area contributed by atoms with E-state index >= 15 is 0 Å². The average molecular weight is 358 g/mol. The molecule has 0 bridgehead atoms. The van der Waals surface area contributed by atoms with Crippen LogP contribution in [0.5, 0.6) is 0 Å². The standard InChI is InChI=1S/C17H16ClN5O2/c1-10-7-8-22-14(9-10)20-11(2)15(22)16(24)21-23(17(19)25)13-5-3-12(18)4-6-13/h3-9H,1-2H3,(H2,19,25)(H,21,24). The topological polar surface area (TPSA) is 92.7 Å². The lowest BCUT2D eigenvalue weighted by Gasteiger charge is -2.21. The Morgan fingerprint density at radius 3 is 2.52 bits per heavy atom. The van der Waals surface area contributed by atoms with Gasteiger partial charge in [0.2, 0.25) is 0 Å². The molecule has 0 atom stereocenters. The number of hydrogen-bond acceptors (Lipinski definition) is 3. The first-order valence-corrected chi connectivity index (χ1v) is 7.86. The van der Waals surface area contributed by atoms with Crippen LogP contribution in [0.15, 0.2) is 42.6 Å². The molecule has 0 aliphatic heterocycles. The molecule has 0 saturated carbocycles. The number of nitrogens with two attached hydrogens (primary N) is 1. The van der Waals surface area contributed by atoms with Crippen LogP contribution in [0.2, 0.25) is 5.02 Å². The highest BCUT2D eigenvalue weighted by molar-refractivity contribution is 6.30. The number of aryl methyl sites for hydroxylation is 2. The monoisotopic (exact) mass is 357 g/mol. The number of hydrogen-bond donors (Lipinski definition) is 2. The molecule has 2 aromatic heterocycles. The molecule has 1 aromatic carbocycles. The first-order valence-electron chi connectivity index (χ1n) is 7.48. The number of nitrogens with zero attached hydrogens (tertiary/aromatic N) is 3. The van der Waals surface area contributed by atoms with Crippen LogP contribution in [0.1, 0.15) is 21.7 Å². The third-order valence-electron chi connectivity index (χ3n) is 3.69. The first kappa shape index (κ1) is 16.8. The van der Waals surface area contributed by atoms with Gasteiger partial charge in [-0.2, -0.15) is 0 Å². The van der Waals surface area contributed by atoms with Gasteiger partial charge in [-0.1, -0.05) is 11.6 Å². The Labute approximate surface area is 149 Å². The van der Waals surface area contributed by atoms with E-state index in [0.29, 0.717) is 27.7 Å². The minimum atomic E-state index is -0.821. The number of primary amides is 1. The molecular weight excluding hydrogens is 342 g/mol. The van der Waals surface area contributed by atoms with Gasteiger partial charge in [0.25, 0.3) is 5.91 Å². The number of halogens is 1. The lowest BCUT2D eigenvalue weighted by Crippen LogP contribution is -2.49. The van der Waals surface area contributed by atoms with Crippen molar-refractivity contribution in [1.82, 2.24) is 14.8 Å². The van der Waals surface area contributed by atoms with Crippen molar-refractivity contribution in [3.63, 3.8) is 0 Å². The molecule has 128 valence electrons. The summed E-state index contributed by atoms with van der Waals surface area (Å²) in [6.07, 6.45) is 1.76. The highest BCUT2D eigenvalue weighted by Crippen LogP contribution is 2.18. The summed E-state index contributed by atoms with van der Waals surface area (Å²) in [6.45, 7) is 3.67. The van der Waals surface area contributed by atoms with Crippen LogP contribution in [0.3, 0.4) is 0 Å². The summed E-state index contributed by atoms with van der Waals surface area (Å²) in [5.74, 6) is -0.498. The van der Waals surface area contributed by atoms with Gasteiger partial charge >= 0.3 is 6.03 Å². The fourth-order valence-corrected chi connectivity index (χ4v) is 2.66. The number of urea groups is 1. The molecule has 0 fully saturated rings. The van der Waals surface area contributed by atoms with Gasteiger partial charge in [0, 0.05) is 11.2 Å². The maximum atomic E-state index is 12.7. The van der Waals surface area contributed by atoms with E-state index in [1.807, 2.05) is 19.1 Å². The zero-order chi connectivity index (χ0) is 18.1. The van der Waals surface area contributed by atoms with Crippen LogP contribution < -0.4 is 16.2 Å². The molecule has 7 nitrogen and oxygen atoms in total. The number of pyridine rings is 1. The van der Waals surface area contributed by atoms with E-state index in [4.69, 9.17) is 17.3 Å². The molecule has 2 heterocycles. The van der Waals surface area contributed by atoms with E-state index in [1.165, 1.54) is 0 Å². The highest BCUT2D eigenvalue weighted by Gasteiger charge is 2.21. The Hall–Kier alpha value is -3.06. The molecule has 0 radical (unpaired) electrons. The van der Waals surface area contributed by atoms with E-state index in [-0.39, 0.29) is 0 Å². The molecular formula is C17H16ClN5O2. The fourth-order valence-electron chi connectivity index (χ4n) is 2.53. The fraction of sp³-hybridized carbons (Fsp3) is 0.118. The molecule has 0 saturated heterocycles. The quantitative estimate of drug-likeness (QED) is 0.690. The Balaban J connectivity index is 1.96. The van der Waals surface area contributed by atoms with E-state index in [2.05, 4.69) is 10.4 Å². The largest absolute Gasteiger partial charge is 0.350 e. The van der Waals surface area contributed by atoms with Crippen molar-refractivity contribution in [2.24, 2.45) is 5.73 Å². The van der Waals surface area contributed by atoms with E-state index in [9.17, 15) is 9.59 Å². The number of anilines is 1. The molecule has 0 spiro atoms. The predicted octanol–water partition coefficient (Wildman–Crippen LogP) is 2.83.